The molecule has 0 saturated carbocycles. The van der Waals surface area contributed by atoms with Gasteiger partial charge in [0, 0.05) is 10.5 Å². The summed E-state index contributed by atoms with van der Waals surface area (Å²) in [5, 5.41) is 0. The van der Waals surface area contributed by atoms with Gasteiger partial charge in [-0.1, -0.05) is 22.0 Å². The minimum atomic E-state index is 0.134. The Morgan fingerprint density at radius 1 is 1.50 bits per heavy atom. The maximum Gasteiger partial charge on any atom is 0.125 e. The number of rotatable bonds is 7. The summed E-state index contributed by atoms with van der Waals surface area (Å²) in [6.45, 7) is 8.52. The fourth-order valence-electron chi connectivity index (χ4n) is 1.91. The second-order valence-corrected chi connectivity index (χ2v) is 5.59. The first-order chi connectivity index (χ1) is 8.54. The Bertz CT molecular complexity index is 402. The highest BCUT2D eigenvalue weighted by atomic mass is 79.9. The molecule has 0 saturated heterocycles. The van der Waals surface area contributed by atoms with Gasteiger partial charge >= 0.3 is 0 Å². The van der Waals surface area contributed by atoms with Crippen LogP contribution in [0.5, 0.6) is 5.75 Å². The Balaban J connectivity index is 2.82. The van der Waals surface area contributed by atoms with E-state index in [1.807, 2.05) is 13.0 Å². The molecule has 1 aromatic rings. The average molecular weight is 312 g/mol. The molecule has 2 nitrogen and oxygen atoms in total. The van der Waals surface area contributed by atoms with Crippen molar-refractivity contribution >= 4 is 15.9 Å². The topological polar surface area (TPSA) is 35.2 Å². The van der Waals surface area contributed by atoms with Crippen molar-refractivity contribution in [1.29, 1.82) is 0 Å². The second-order valence-electron chi connectivity index (χ2n) is 4.67. The third-order valence-electron chi connectivity index (χ3n) is 2.66. The molecule has 0 aliphatic heterocycles. The number of aryl methyl sites for hydroxylation is 1. The van der Waals surface area contributed by atoms with Gasteiger partial charge < -0.3 is 10.5 Å². The van der Waals surface area contributed by atoms with Crippen LogP contribution in [0.15, 0.2) is 29.3 Å². The third kappa shape index (κ3) is 4.83. The monoisotopic (exact) mass is 311 g/mol. The summed E-state index contributed by atoms with van der Waals surface area (Å²) >= 11 is 3.52. The zero-order chi connectivity index (χ0) is 13.5. The molecular formula is C15H22BrNO. The van der Waals surface area contributed by atoms with Crippen molar-refractivity contribution in [1.82, 2.24) is 0 Å². The zero-order valence-corrected chi connectivity index (χ0v) is 12.8. The van der Waals surface area contributed by atoms with E-state index >= 15 is 0 Å². The van der Waals surface area contributed by atoms with E-state index in [-0.39, 0.29) is 6.04 Å². The predicted molar refractivity (Wildman–Crippen MR) is 81.2 cm³/mol. The highest BCUT2D eigenvalue weighted by Crippen LogP contribution is 2.29. The van der Waals surface area contributed by atoms with Gasteiger partial charge in [0.25, 0.3) is 0 Å². The first-order valence-electron chi connectivity index (χ1n) is 6.33. The van der Waals surface area contributed by atoms with Crippen LogP contribution in [0.1, 0.15) is 30.9 Å². The van der Waals surface area contributed by atoms with Crippen LogP contribution in [0.3, 0.4) is 0 Å². The minimum Gasteiger partial charge on any atom is -0.493 e. The molecule has 0 radical (unpaired) electrons. The smallest absolute Gasteiger partial charge is 0.125 e. The van der Waals surface area contributed by atoms with Gasteiger partial charge in [-0.15, -0.1) is 6.58 Å². The third-order valence-corrected chi connectivity index (χ3v) is 3.12. The van der Waals surface area contributed by atoms with Gasteiger partial charge in [0.05, 0.1) is 6.61 Å². The van der Waals surface area contributed by atoms with Gasteiger partial charge in [0.2, 0.25) is 0 Å². The fourth-order valence-corrected chi connectivity index (χ4v) is 2.53. The van der Waals surface area contributed by atoms with Gasteiger partial charge in [-0.05, 0) is 56.4 Å². The Morgan fingerprint density at radius 3 is 2.83 bits per heavy atom. The highest BCUT2D eigenvalue weighted by molar-refractivity contribution is 9.10. The molecule has 0 aromatic heterocycles. The molecule has 18 heavy (non-hydrogen) atoms. The van der Waals surface area contributed by atoms with Crippen LogP contribution >= 0.6 is 15.9 Å². The summed E-state index contributed by atoms with van der Waals surface area (Å²) in [6.07, 6.45) is 4.73. The molecule has 0 aliphatic rings. The molecule has 2 N–H and O–H groups in total. The van der Waals surface area contributed by atoms with Crippen molar-refractivity contribution in [2.45, 2.75) is 39.2 Å². The molecule has 0 spiro atoms. The van der Waals surface area contributed by atoms with Crippen LogP contribution in [-0.4, -0.2) is 12.6 Å². The largest absolute Gasteiger partial charge is 0.493 e. The number of nitrogens with two attached hydrogens (primary N) is 1. The van der Waals surface area contributed by atoms with Crippen molar-refractivity contribution in [2.75, 3.05) is 6.61 Å². The predicted octanol–water partition coefficient (Wildman–Crippen LogP) is 3.99. The molecule has 1 unspecified atom stereocenters. The van der Waals surface area contributed by atoms with Gasteiger partial charge in [0.1, 0.15) is 5.75 Å². The SMILES string of the molecule is C=CCCCOc1c(C)cc(Br)cc1CC(C)N. The van der Waals surface area contributed by atoms with E-state index in [1.165, 1.54) is 5.56 Å². The summed E-state index contributed by atoms with van der Waals surface area (Å²) in [7, 11) is 0. The maximum absolute atomic E-state index is 5.90. The Morgan fingerprint density at radius 2 is 2.22 bits per heavy atom. The molecule has 1 rings (SSSR count). The summed E-state index contributed by atoms with van der Waals surface area (Å²) in [5.41, 5.74) is 8.21. The van der Waals surface area contributed by atoms with E-state index in [0.717, 1.165) is 41.7 Å². The van der Waals surface area contributed by atoms with Crippen LogP contribution in [-0.2, 0) is 6.42 Å². The van der Waals surface area contributed by atoms with Crippen molar-refractivity contribution < 1.29 is 4.74 Å². The van der Waals surface area contributed by atoms with E-state index < -0.39 is 0 Å². The van der Waals surface area contributed by atoms with Crippen molar-refractivity contribution in [3.8, 4) is 5.75 Å². The molecular weight excluding hydrogens is 290 g/mol. The van der Waals surface area contributed by atoms with Crippen molar-refractivity contribution in [2.24, 2.45) is 5.73 Å². The van der Waals surface area contributed by atoms with Crippen LogP contribution < -0.4 is 10.5 Å². The number of allylic oxidation sites excluding steroid dienone is 1. The number of unbranched alkanes of at least 4 members (excludes halogenated alkanes) is 1. The van der Waals surface area contributed by atoms with E-state index in [1.54, 1.807) is 0 Å². The quantitative estimate of drug-likeness (QED) is 0.610. The van der Waals surface area contributed by atoms with Crippen LogP contribution in [0.25, 0.3) is 0 Å². The highest BCUT2D eigenvalue weighted by Gasteiger charge is 2.10. The first-order valence-corrected chi connectivity index (χ1v) is 7.12. The molecule has 100 valence electrons. The van der Waals surface area contributed by atoms with E-state index in [9.17, 15) is 0 Å². The number of ether oxygens (including phenoxy) is 1. The molecule has 0 amide bonds. The maximum atomic E-state index is 5.90. The van der Waals surface area contributed by atoms with Gasteiger partial charge in [0.15, 0.2) is 0 Å². The molecule has 1 aromatic carbocycles. The molecule has 0 heterocycles. The Kier molecular flexibility index (Phi) is 6.44. The van der Waals surface area contributed by atoms with Crippen molar-refractivity contribution in [3.05, 3.63) is 40.4 Å². The lowest BCUT2D eigenvalue weighted by Crippen LogP contribution is -2.18. The average Bonchev–Trinajstić information content (AvgIpc) is 2.26. The summed E-state index contributed by atoms with van der Waals surface area (Å²) in [5.74, 6) is 0.986. The zero-order valence-electron chi connectivity index (χ0n) is 11.2. The minimum absolute atomic E-state index is 0.134. The molecule has 0 aliphatic carbocycles. The second kappa shape index (κ2) is 7.59. The van der Waals surface area contributed by atoms with Gasteiger partial charge in [-0.2, -0.15) is 0 Å². The van der Waals surface area contributed by atoms with Crippen molar-refractivity contribution in [3.63, 3.8) is 0 Å². The van der Waals surface area contributed by atoms with Gasteiger partial charge in [-0.25, -0.2) is 0 Å². The lowest BCUT2D eigenvalue weighted by molar-refractivity contribution is 0.306. The summed E-state index contributed by atoms with van der Waals surface area (Å²) in [6, 6.07) is 4.31. The van der Waals surface area contributed by atoms with Crippen LogP contribution in [0.2, 0.25) is 0 Å². The Labute approximate surface area is 118 Å². The van der Waals surface area contributed by atoms with Crippen LogP contribution in [0, 0.1) is 6.92 Å². The van der Waals surface area contributed by atoms with E-state index in [2.05, 4.69) is 41.6 Å². The van der Waals surface area contributed by atoms with E-state index in [0.29, 0.717) is 0 Å². The molecule has 0 bridgehead atoms. The number of benzene rings is 1. The van der Waals surface area contributed by atoms with Crippen LogP contribution in [0.4, 0.5) is 0 Å². The Hall–Kier alpha value is -0.800. The number of hydrogen-bond donors (Lipinski definition) is 1. The lowest BCUT2D eigenvalue weighted by Gasteiger charge is -2.16. The first kappa shape index (κ1) is 15.3. The normalized spacial score (nSPS) is 12.2. The standard InChI is InChI=1S/C15H22BrNO/c1-4-5-6-7-18-15-11(2)8-14(16)10-13(15)9-12(3)17/h4,8,10,12H,1,5-7,9,17H2,2-3H3. The summed E-state index contributed by atoms with van der Waals surface area (Å²) in [4.78, 5) is 0. The lowest BCUT2D eigenvalue weighted by atomic mass is 10.0. The van der Waals surface area contributed by atoms with Gasteiger partial charge in [-0.3, -0.25) is 0 Å². The fraction of sp³-hybridized carbons (Fsp3) is 0.467. The van der Waals surface area contributed by atoms with E-state index in [4.69, 9.17) is 10.5 Å². The number of hydrogen-bond acceptors (Lipinski definition) is 2. The summed E-state index contributed by atoms with van der Waals surface area (Å²) < 4.78 is 6.98. The molecule has 1 atom stereocenters. The number of halogens is 1. The molecule has 3 heteroatoms. The molecule has 0 fully saturated rings.